The van der Waals surface area contributed by atoms with E-state index >= 15 is 0 Å². The van der Waals surface area contributed by atoms with E-state index in [-0.39, 0.29) is 11.2 Å². The van der Waals surface area contributed by atoms with Gasteiger partial charge in [0.15, 0.2) is 16.6 Å². The number of anilines is 1. The fourth-order valence-electron chi connectivity index (χ4n) is 2.70. The van der Waals surface area contributed by atoms with Gasteiger partial charge in [0.1, 0.15) is 13.2 Å². The normalized spacial score (nSPS) is 14.3. The number of nitrogens with one attached hydrogen (secondary N) is 1. The van der Waals surface area contributed by atoms with E-state index in [9.17, 15) is 9.00 Å². The third-order valence-electron chi connectivity index (χ3n) is 4.05. The maximum absolute atomic E-state index is 12.5. The third kappa shape index (κ3) is 3.68. The van der Waals surface area contributed by atoms with Crippen LogP contribution in [0, 0.1) is 0 Å². The Morgan fingerprint density at radius 2 is 1.81 bits per heavy atom. The van der Waals surface area contributed by atoms with Crippen LogP contribution in [0.25, 0.3) is 10.2 Å². The van der Waals surface area contributed by atoms with Crippen LogP contribution in [0.2, 0.25) is 0 Å². The molecule has 0 spiro atoms. The van der Waals surface area contributed by atoms with Crippen LogP contribution >= 0.6 is 11.3 Å². The summed E-state index contributed by atoms with van der Waals surface area (Å²) < 4.78 is 24.2. The van der Waals surface area contributed by atoms with Crippen LogP contribution in [0.5, 0.6) is 11.5 Å². The second-order valence-corrected chi connectivity index (χ2v) is 9.35. The quantitative estimate of drug-likeness (QED) is 0.718. The molecule has 0 aliphatic carbocycles. The molecule has 1 aromatic heterocycles. The molecule has 2 aromatic carbocycles. The lowest BCUT2D eigenvalue weighted by Gasteiger charge is -2.17. The van der Waals surface area contributed by atoms with E-state index < -0.39 is 10.8 Å². The molecule has 8 heteroatoms. The summed E-state index contributed by atoms with van der Waals surface area (Å²) in [6.45, 7) is 4.85. The average Bonchev–Trinajstić information content (AvgIpc) is 3.06. The first-order valence-corrected chi connectivity index (χ1v) is 10.6. The van der Waals surface area contributed by atoms with Crippen molar-refractivity contribution in [3.63, 3.8) is 0 Å². The number of carbonyl (C=O) groups excluding carboxylic acids is 1. The Morgan fingerprint density at radius 3 is 2.48 bits per heavy atom. The van der Waals surface area contributed by atoms with Crippen molar-refractivity contribution < 1.29 is 18.5 Å². The standard InChI is InChI=1S/C19H18N2O4S2/c1-11(2)27(23)13-5-3-12(4-6-13)18(22)21-19-20-14-9-15-16(10-17(14)26-19)25-8-7-24-15/h3-6,9-11H,7-8H2,1-2H3,(H,20,21,22). The maximum Gasteiger partial charge on any atom is 0.257 e. The molecule has 0 fully saturated rings. The molecule has 2 heterocycles. The molecule has 1 aliphatic heterocycles. The van der Waals surface area contributed by atoms with Gasteiger partial charge < -0.3 is 9.47 Å². The highest BCUT2D eigenvalue weighted by molar-refractivity contribution is 7.85. The molecule has 4 rings (SSSR count). The van der Waals surface area contributed by atoms with Crippen LogP contribution < -0.4 is 14.8 Å². The summed E-state index contributed by atoms with van der Waals surface area (Å²) in [7, 11) is -1.07. The first kappa shape index (κ1) is 17.9. The fraction of sp³-hybridized carbons (Fsp3) is 0.263. The Labute approximate surface area is 163 Å². The molecular formula is C19H18N2O4S2. The summed E-state index contributed by atoms with van der Waals surface area (Å²) in [6.07, 6.45) is 0. The minimum Gasteiger partial charge on any atom is -0.486 e. The second-order valence-electron chi connectivity index (χ2n) is 6.31. The monoisotopic (exact) mass is 402 g/mol. The molecule has 1 atom stereocenters. The lowest BCUT2D eigenvalue weighted by molar-refractivity contribution is 0.102. The van der Waals surface area contributed by atoms with Crippen molar-refractivity contribution >= 4 is 43.4 Å². The van der Waals surface area contributed by atoms with Gasteiger partial charge in [0.2, 0.25) is 0 Å². The van der Waals surface area contributed by atoms with Gasteiger partial charge >= 0.3 is 0 Å². The van der Waals surface area contributed by atoms with Gasteiger partial charge in [0, 0.05) is 27.8 Å². The minimum absolute atomic E-state index is 0.0335. The largest absolute Gasteiger partial charge is 0.486 e. The van der Waals surface area contributed by atoms with E-state index in [1.54, 1.807) is 24.3 Å². The number of nitrogens with zero attached hydrogens (tertiary/aromatic N) is 1. The van der Waals surface area contributed by atoms with Crippen molar-refractivity contribution in [2.75, 3.05) is 18.5 Å². The van der Waals surface area contributed by atoms with Crippen molar-refractivity contribution in [1.82, 2.24) is 4.98 Å². The van der Waals surface area contributed by atoms with Crippen molar-refractivity contribution in [3.8, 4) is 11.5 Å². The highest BCUT2D eigenvalue weighted by Gasteiger charge is 2.17. The summed E-state index contributed by atoms with van der Waals surface area (Å²) in [6, 6.07) is 10.5. The molecule has 140 valence electrons. The van der Waals surface area contributed by atoms with Crippen molar-refractivity contribution in [2.45, 2.75) is 24.0 Å². The van der Waals surface area contributed by atoms with E-state index in [1.165, 1.54) is 11.3 Å². The lowest BCUT2D eigenvalue weighted by atomic mass is 10.2. The summed E-state index contributed by atoms with van der Waals surface area (Å²) in [5.41, 5.74) is 1.24. The Morgan fingerprint density at radius 1 is 1.15 bits per heavy atom. The average molecular weight is 402 g/mol. The molecule has 6 nitrogen and oxygen atoms in total. The minimum atomic E-state index is -1.07. The topological polar surface area (TPSA) is 77.5 Å². The number of carbonyl (C=O) groups is 1. The SMILES string of the molecule is CC(C)S(=O)c1ccc(C(=O)Nc2nc3cc4c(cc3s2)OCCO4)cc1. The summed E-state index contributed by atoms with van der Waals surface area (Å²) in [4.78, 5) is 17.7. The Bertz CT molecular complexity index is 985. The zero-order valence-electron chi connectivity index (χ0n) is 14.9. The van der Waals surface area contributed by atoms with Gasteiger partial charge in [-0.3, -0.25) is 14.3 Å². The van der Waals surface area contributed by atoms with Crippen molar-refractivity contribution in [2.24, 2.45) is 0 Å². The molecular weight excluding hydrogens is 384 g/mol. The Hall–Kier alpha value is -2.45. The van der Waals surface area contributed by atoms with E-state index in [0.29, 0.717) is 40.3 Å². The number of hydrogen-bond acceptors (Lipinski definition) is 6. The molecule has 1 aliphatic rings. The van der Waals surface area contributed by atoms with Crippen LogP contribution in [0.4, 0.5) is 5.13 Å². The predicted molar refractivity (Wildman–Crippen MR) is 107 cm³/mol. The number of amides is 1. The van der Waals surface area contributed by atoms with Crippen LogP contribution in [0.1, 0.15) is 24.2 Å². The molecule has 0 saturated carbocycles. The van der Waals surface area contributed by atoms with Gasteiger partial charge in [-0.05, 0) is 24.3 Å². The summed E-state index contributed by atoms with van der Waals surface area (Å²) >= 11 is 1.38. The number of fused-ring (bicyclic) bond motifs is 2. The van der Waals surface area contributed by atoms with Crippen LogP contribution in [-0.4, -0.2) is 33.6 Å². The van der Waals surface area contributed by atoms with E-state index in [2.05, 4.69) is 10.3 Å². The maximum atomic E-state index is 12.5. The van der Waals surface area contributed by atoms with Gasteiger partial charge in [-0.2, -0.15) is 0 Å². The lowest BCUT2D eigenvalue weighted by Crippen LogP contribution is -2.15. The van der Waals surface area contributed by atoms with Crippen LogP contribution in [0.3, 0.4) is 0 Å². The zero-order chi connectivity index (χ0) is 19.0. The number of thiazole rings is 1. The fourth-order valence-corrected chi connectivity index (χ4v) is 4.52. The number of rotatable bonds is 4. The second kappa shape index (κ2) is 7.28. The predicted octanol–water partition coefficient (Wildman–Crippen LogP) is 3.84. The van der Waals surface area contributed by atoms with E-state index in [0.717, 1.165) is 10.2 Å². The highest BCUT2D eigenvalue weighted by atomic mass is 32.2. The number of benzene rings is 2. The molecule has 0 radical (unpaired) electrons. The third-order valence-corrected chi connectivity index (χ3v) is 6.58. The number of ether oxygens (including phenoxy) is 2. The van der Waals surface area contributed by atoms with Crippen LogP contribution in [-0.2, 0) is 10.8 Å². The van der Waals surface area contributed by atoms with Gasteiger partial charge in [-0.25, -0.2) is 4.98 Å². The van der Waals surface area contributed by atoms with E-state index in [1.807, 2.05) is 26.0 Å². The van der Waals surface area contributed by atoms with Gasteiger partial charge in [-0.1, -0.05) is 25.2 Å². The molecule has 0 bridgehead atoms. The first-order valence-electron chi connectivity index (χ1n) is 8.53. The first-order chi connectivity index (χ1) is 13.0. The van der Waals surface area contributed by atoms with Crippen molar-refractivity contribution in [3.05, 3.63) is 42.0 Å². The number of aromatic nitrogens is 1. The van der Waals surface area contributed by atoms with Crippen molar-refractivity contribution in [1.29, 1.82) is 0 Å². The van der Waals surface area contributed by atoms with Gasteiger partial charge in [0.05, 0.1) is 21.0 Å². The molecule has 1 amide bonds. The van der Waals surface area contributed by atoms with Crippen LogP contribution in [0.15, 0.2) is 41.3 Å². The molecule has 27 heavy (non-hydrogen) atoms. The highest BCUT2D eigenvalue weighted by Crippen LogP contribution is 2.37. The van der Waals surface area contributed by atoms with Gasteiger partial charge in [-0.15, -0.1) is 0 Å². The smallest absolute Gasteiger partial charge is 0.257 e. The Balaban J connectivity index is 1.53. The van der Waals surface area contributed by atoms with Gasteiger partial charge in [0.25, 0.3) is 5.91 Å². The molecule has 1 unspecified atom stereocenters. The summed E-state index contributed by atoms with van der Waals surface area (Å²) in [5, 5.41) is 3.36. The van der Waals surface area contributed by atoms with E-state index in [4.69, 9.17) is 9.47 Å². The molecule has 1 N–H and O–H groups in total. The zero-order valence-corrected chi connectivity index (χ0v) is 16.5. The number of hydrogen-bond donors (Lipinski definition) is 1. The summed E-state index contributed by atoms with van der Waals surface area (Å²) in [5.74, 6) is 1.11. The molecule has 0 saturated heterocycles. The molecule has 3 aromatic rings. The Kier molecular flexibility index (Phi) is 4.84.